The number of methoxy groups -OCH3 is 1. The number of carbonyl (C=O) groups excluding carboxylic acids is 2. The minimum atomic E-state index is -0.810. The van der Waals surface area contributed by atoms with Gasteiger partial charge in [0.15, 0.2) is 0 Å². The van der Waals surface area contributed by atoms with E-state index in [9.17, 15) is 9.59 Å². The number of hydrogen-bond donors (Lipinski definition) is 0. The van der Waals surface area contributed by atoms with E-state index in [4.69, 9.17) is 5.53 Å². The highest BCUT2D eigenvalue weighted by atomic mass is 16.5. The molecule has 0 unspecified atom stereocenters. The first-order chi connectivity index (χ1) is 6.65. The fraction of sp³-hybridized carbons (Fsp3) is 0.375. The molecule has 0 aromatic heterocycles. The van der Waals surface area contributed by atoms with Crippen molar-refractivity contribution in [2.45, 2.75) is 6.92 Å². The molecule has 6 nitrogen and oxygen atoms in total. The highest BCUT2D eigenvalue weighted by Crippen LogP contribution is 1.85. The molecule has 0 atom stereocenters. The molecular weight excluding hydrogens is 188 g/mol. The molecule has 0 aliphatic carbocycles. The van der Waals surface area contributed by atoms with E-state index in [-0.39, 0.29) is 12.3 Å². The number of carbonyl (C=O) groups is 2. The zero-order valence-corrected chi connectivity index (χ0v) is 7.89. The van der Waals surface area contributed by atoms with Crippen LogP contribution in [0.2, 0.25) is 0 Å². The zero-order chi connectivity index (χ0) is 11.0. The molecule has 76 valence electrons. The molecule has 0 fully saturated rings. The Kier molecular flexibility index (Phi) is 5.65. The number of nitrogens with zero attached hydrogens (tertiary/aromatic N) is 2. The summed E-state index contributed by atoms with van der Waals surface area (Å²) in [5.74, 6) is -1.47. The fourth-order valence-corrected chi connectivity index (χ4v) is 0.562. The Balaban J connectivity index is 4.46. The van der Waals surface area contributed by atoms with Crippen molar-refractivity contribution < 1.29 is 23.9 Å². The maximum Gasteiger partial charge on any atom is 0.421 e. The Labute approximate surface area is 80.7 Å². The second-order valence-electron chi connectivity index (χ2n) is 2.06. The van der Waals surface area contributed by atoms with Crippen molar-refractivity contribution in [1.82, 2.24) is 0 Å². The smallest absolute Gasteiger partial charge is 0.421 e. The second kappa shape index (κ2) is 6.56. The van der Waals surface area contributed by atoms with Crippen LogP contribution in [0.5, 0.6) is 0 Å². The van der Waals surface area contributed by atoms with Crippen molar-refractivity contribution in [2.75, 3.05) is 13.7 Å². The minimum Gasteiger partial charge on any atom is -0.466 e. The summed E-state index contributed by atoms with van der Waals surface area (Å²) < 4.78 is 8.80. The lowest BCUT2D eigenvalue weighted by atomic mass is 10.3. The molecule has 0 spiro atoms. The van der Waals surface area contributed by atoms with E-state index in [0.717, 1.165) is 12.2 Å². The summed E-state index contributed by atoms with van der Waals surface area (Å²) in [6.45, 7) is 1.76. The highest BCUT2D eigenvalue weighted by Gasteiger charge is 2.17. The average molecular weight is 198 g/mol. The first-order valence-corrected chi connectivity index (χ1v) is 3.80. The van der Waals surface area contributed by atoms with Gasteiger partial charge in [0.2, 0.25) is 0 Å². The third kappa shape index (κ3) is 4.18. The summed E-state index contributed by atoms with van der Waals surface area (Å²) in [5, 5.41) is 0. The van der Waals surface area contributed by atoms with Crippen LogP contribution in [0, 0.1) is 0 Å². The molecule has 14 heavy (non-hydrogen) atoms. The predicted octanol–water partition coefficient (Wildman–Crippen LogP) is -0.0505. The molecule has 0 aliphatic heterocycles. The number of ether oxygens (including phenoxy) is 2. The normalized spacial score (nSPS) is 9.29. The fourth-order valence-electron chi connectivity index (χ4n) is 0.562. The molecule has 0 aliphatic rings. The maximum absolute atomic E-state index is 11.0. The molecular formula is C8H10N2O4. The summed E-state index contributed by atoms with van der Waals surface area (Å²) in [4.78, 5) is 24.2. The van der Waals surface area contributed by atoms with Gasteiger partial charge in [0.1, 0.15) is 0 Å². The van der Waals surface area contributed by atoms with Gasteiger partial charge in [-0.05, 0) is 6.92 Å². The van der Waals surface area contributed by atoms with Gasteiger partial charge >= 0.3 is 17.7 Å². The maximum atomic E-state index is 11.0. The summed E-state index contributed by atoms with van der Waals surface area (Å²) >= 11 is 0. The standard InChI is InChI=1S/C8H10N2O4/c1-3-14-8(12)6(10-9)4-5-7(11)13-2/h4-5H,3H2,1-2H3/b5-4+. The lowest BCUT2D eigenvalue weighted by molar-refractivity contribution is -0.139. The van der Waals surface area contributed by atoms with Crippen molar-refractivity contribution >= 4 is 17.7 Å². The summed E-state index contributed by atoms with van der Waals surface area (Å²) in [6.07, 6.45) is 1.95. The van der Waals surface area contributed by atoms with E-state index in [0.29, 0.717) is 0 Å². The van der Waals surface area contributed by atoms with Crippen LogP contribution in [-0.4, -0.2) is 36.2 Å². The third-order valence-corrected chi connectivity index (χ3v) is 1.17. The van der Waals surface area contributed by atoms with Crippen molar-refractivity contribution in [3.63, 3.8) is 0 Å². The van der Waals surface area contributed by atoms with Gasteiger partial charge < -0.3 is 15.0 Å². The van der Waals surface area contributed by atoms with Gasteiger partial charge in [0.05, 0.1) is 13.7 Å². The molecule has 0 aromatic carbocycles. The van der Waals surface area contributed by atoms with Crippen LogP contribution in [0.4, 0.5) is 0 Å². The van der Waals surface area contributed by atoms with Gasteiger partial charge in [0.25, 0.3) is 0 Å². The van der Waals surface area contributed by atoms with E-state index >= 15 is 0 Å². The van der Waals surface area contributed by atoms with E-state index < -0.39 is 11.9 Å². The van der Waals surface area contributed by atoms with Crippen LogP contribution >= 0.6 is 0 Å². The molecule has 0 aromatic rings. The molecule has 6 heteroatoms. The molecule has 0 N–H and O–H groups in total. The minimum absolute atomic E-state index is 0.157. The van der Waals surface area contributed by atoms with Crippen LogP contribution < -0.4 is 0 Å². The van der Waals surface area contributed by atoms with Crippen molar-refractivity contribution in [3.8, 4) is 0 Å². The molecule has 0 amide bonds. The lowest BCUT2D eigenvalue weighted by Gasteiger charge is -1.92. The van der Waals surface area contributed by atoms with Crippen LogP contribution in [0.15, 0.2) is 12.2 Å². The molecule has 0 saturated heterocycles. The Morgan fingerprint density at radius 1 is 1.43 bits per heavy atom. The summed E-state index contributed by atoms with van der Waals surface area (Å²) in [5.41, 5.74) is 8.03. The van der Waals surface area contributed by atoms with Crippen LogP contribution in [0.3, 0.4) is 0 Å². The first-order valence-electron chi connectivity index (χ1n) is 3.80. The van der Waals surface area contributed by atoms with Crippen molar-refractivity contribution in [3.05, 3.63) is 17.7 Å². The van der Waals surface area contributed by atoms with Gasteiger partial charge in [-0.25, -0.2) is 9.59 Å². The third-order valence-electron chi connectivity index (χ3n) is 1.17. The number of hydrogen-bond acceptors (Lipinski definition) is 4. The van der Waals surface area contributed by atoms with Gasteiger partial charge in [0, 0.05) is 12.2 Å². The van der Waals surface area contributed by atoms with Gasteiger partial charge in [-0.3, -0.25) is 0 Å². The summed E-state index contributed by atoms with van der Waals surface area (Å²) in [6, 6.07) is 0. The monoisotopic (exact) mass is 198 g/mol. The number of rotatable bonds is 4. The average Bonchev–Trinajstić information content (AvgIpc) is 2.18. The Morgan fingerprint density at radius 3 is 2.50 bits per heavy atom. The molecule has 0 saturated carbocycles. The van der Waals surface area contributed by atoms with E-state index in [2.05, 4.69) is 14.3 Å². The second-order valence-corrected chi connectivity index (χ2v) is 2.06. The van der Waals surface area contributed by atoms with E-state index in [1.807, 2.05) is 0 Å². The molecule has 0 radical (unpaired) electrons. The van der Waals surface area contributed by atoms with Crippen LogP contribution in [0.1, 0.15) is 6.92 Å². The SMILES string of the molecule is CCOC(=O)C(/C=C/C(=O)OC)=[N+]=[N-]. The van der Waals surface area contributed by atoms with Crippen molar-refractivity contribution in [2.24, 2.45) is 0 Å². The Bertz CT molecular complexity index is 302. The molecule has 0 heterocycles. The predicted molar refractivity (Wildman–Crippen MR) is 46.4 cm³/mol. The lowest BCUT2D eigenvalue weighted by Crippen LogP contribution is -2.16. The Hall–Kier alpha value is -1.94. The quantitative estimate of drug-likeness (QED) is 0.208. The van der Waals surface area contributed by atoms with Gasteiger partial charge in [-0.2, -0.15) is 4.79 Å². The zero-order valence-electron chi connectivity index (χ0n) is 7.89. The molecule has 0 rings (SSSR count). The Morgan fingerprint density at radius 2 is 2.07 bits per heavy atom. The van der Waals surface area contributed by atoms with E-state index in [1.165, 1.54) is 7.11 Å². The van der Waals surface area contributed by atoms with Crippen molar-refractivity contribution in [1.29, 1.82) is 0 Å². The molecule has 0 bridgehead atoms. The number of esters is 2. The van der Waals surface area contributed by atoms with Gasteiger partial charge in [-0.1, -0.05) is 0 Å². The topological polar surface area (TPSA) is 89.0 Å². The first kappa shape index (κ1) is 12.1. The van der Waals surface area contributed by atoms with Gasteiger partial charge in [-0.15, -0.1) is 0 Å². The van der Waals surface area contributed by atoms with E-state index in [1.54, 1.807) is 6.92 Å². The summed E-state index contributed by atoms with van der Waals surface area (Å²) in [7, 11) is 1.19. The van der Waals surface area contributed by atoms with Crippen LogP contribution in [0.25, 0.3) is 5.53 Å². The van der Waals surface area contributed by atoms with Crippen LogP contribution in [-0.2, 0) is 19.1 Å². The highest BCUT2D eigenvalue weighted by molar-refractivity contribution is 6.39. The largest absolute Gasteiger partial charge is 0.466 e.